The third kappa shape index (κ3) is 3.29. The molecule has 1 atom stereocenters. The second-order valence-corrected chi connectivity index (χ2v) is 8.74. The van der Waals surface area contributed by atoms with Gasteiger partial charge in [0.1, 0.15) is 0 Å². The van der Waals surface area contributed by atoms with Crippen molar-refractivity contribution in [2.75, 3.05) is 18.8 Å². The lowest BCUT2D eigenvalue weighted by molar-refractivity contribution is -0.136. The highest BCUT2D eigenvalue weighted by atomic mass is 35.5. The Hall–Kier alpha value is -1.11. The molecule has 1 amide bonds. The van der Waals surface area contributed by atoms with Gasteiger partial charge in [0, 0.05) is 36.0 Å². The van der Waals surface area contributed by atoms with Crippen LogP contribution in [-0.2, 0) is 14.8 Å². The standard InChI is InChI=1S/C15H19ClN2O3S/c1-15(5-6-22(20,21)17-15)8-14(19)18-9-12(10-18)11-3-2-4-13(16)7-11/h2-4,7,12,17H,5-6,8-10H2,1H3. The van der Waals surface area contributed by atoms with E-state index in [0.717, 1.165) is 5.56 Å². The van der Waals surface area contributed by atoms with Crippen LogP contribution in [0.25, 0.3) is 0 Å². The summed E-state index contributed by atoms with van der Waals surface area (Å²) < 4.78 is 25.6. The van der Waals surface area contributed by atoms with Gasteiger partial charge in [0.2, 0.25) is 15.9 Å². The van der Waals surface area contributed by atoms with E-state index < -0.39 is 15.6 Å². The summed E-state index contributed by atoms with van der Waals surface area (Å²) in [6.45, 7) is 3.13. The molecule has 0 aliphatic carbocycles. The topological polar surface area (TPSA) is 66.5 Å². The van der Waals surface area contributed by atoms with Crippen LogP contribution in [0.5, 0.6) is 0 Å². The Morgan fingerprint density at radius 3 is 2.77 bits per heavy atom. The number of likely N-dealkylation sites (tertiary alicyclic amines) is 1. The van der Waals surface area contributed by atoms with Gasteiger partial charge in [-0.3, -0.25) is 4.79 Å². The zero-order valence-corrected chi connectivity index (χ0v) is 14.0. The van der Waals surface area contributed by atoms with Crippen LogP contribution in [0, 0.1) is 0 Å². The number of nitrogens with one attached hydrogen (secondary N) is 1. The summed E-state index contributed by atoms with van der Waals surface area (Å²) in [5, 5.41) is 0.704. The molecule has 3 rings (SSSR count). The molecular weight excluding hydrogens is 324 g/mol. The number of hydrogen-bond acceptors (Lipinski definition) is 3. The van der Waals surface area contributed by atoms with Gasteiger partial charge in [-0.2, -0.15) is 0 Å². The van der Waals surface area contributed by atoms with Crippen LogP contribution in [-0.4, -0.2) is 43.6 Å². The van der Waals surface area contributed by atoms with E-state index in [4.69, 9.17) is 11.6 Å². The minimum atomic E-state index is -3.21. The van der Waals surface area contributed by atoms with Gasteiger partial charge >= 0.3 is 0 Å². The SMILES string of the molecule is CC1(CC(=O)N2CC(c3cccc(Cl)c3)C2)CCS(=O)(=O)N1. The normalized spacial score (nSPS) is 27.6. The molecule has 0 aromatic heterocycles. The first-order chi connectivity index (χ1) is 10.3. The van der Waals surface area contributed by atoms with Gasteiger partial charge < -0.3 is 4.90 Å². The van der Waals surface area contributed by atoms with Crippen molar-refractivity contribution in [3.8, 4) is 0 Å². The number of rotatable bonds is 3. The fourth-order valence-electron chi connectivity index (χ4n) is 3.06. The fourth-order valence-corrected chi connectivity index (χ4v) is 5.01. The molecule has 1 aromatic carbocycles. The quantitative estimate of drug-likeness (QED) is 0.909. The molecule has 2 aliphatic rings. The van der Waals surface area contributed by atoms with E-state index in [2.05, 4.69) is 4.72 Å². The van der Waals surface area contributed by atoms with Crippen LogP contribution >= 0.6 is 11.6 Å². The van der Waals surface area contributed by atoms with E-state index in [1.165, 1.54) is 0 Å². The first-order valence-electron chi connectivity index (χ1n) is 7.31. The van der Waals surface area contributed by atoms with Crippen LogP contribution in [0.15, 0.2) is 24.3 Å². The summed E-state index contributed by atoms with van der Waals surface area (Å²) in [5.74, 6) is 0.420. The number of sulfonamides is 1. The van der Waals surface area contributed by atoms with E-state index in [1.54, 1.807) is 11.8 Å². The Morgan fingerprint density at radius 1 is 1.45 bits per heavy atom. The average Bonchev–Trinajstić information content (AvgIpc) is 2.61. The number of amides is 1. The van der Waals surface area contributed by atoms with Crippen LogP contribution in [0.2, 0.25) is 5.02 Å². The summed E-state index contributed by atoms with van der Waals surface area (Å²) in [6.07, 6.45) is 0.696. The highest BCUT2D eigenvalue weighted by Gasteiger charge is 2.41. The van der Waals surface area contributed by atoms with Crippen LogP contribution in [0.1, 0.15) is 31.2 Å². The van der Waals surface area contributed by atoms with E-state index >= 15 is 0 Å². The first kappa shape index (κ1) is 15.8. The smallest absolute Gasteiger partial charge is 0.224 e. The third-order valence-electron chi connectivity index (χ3n) is 4.42. The minimum Gasteiger partial charge on any atom is -0.341 e. The highest BCUT2D eigenvalue weighted by molar-refractivity contribution is 7.89. The molecule has 5 nitrogen and oxygen atoms in total. The van der Waals surface area contributed by atoms with Crippen molar-refractivity contribution in [3.63, 3.8) is 0 Å². The molecule has 2 fully saturated rings. The molecule has 1 aromatic rings. The molecule has 7 heteroatoms. The van der Waals surface area contributed by atoms with Crippen LogP contribution < -0.4 is 4.72 Å². The Balaban J connectivity index is 1.56. The lowest BCUT2D eigenvalue weighted by Gasteiger charge is -2.41. The van der Waals surface area contributed by atoms with Crippen LogP contribution in [0.4, 0.5) is 0 Å². The van der Waals surface area contributed by atoms with Gasteiger partial charge in [0.05, 0.1) is 5.75 Å². The second kappa shape index (κ2) is 5.51. The molecule has 120 valence electrons. The predicted octanol–water partition coefficient (Wildman–Crippen LogP) is 1.74. The van der Waals surface area contributed by atoms with Crippen molar-refractivity contribution in [3.05, 3.63) is 34.9 Å². The molecule has 2 saturated heterocycles. The minimum absolute atomic E-state index is 0.00498. The van der Waals surface area contributed by atoms with Crippen molar-refractivity contribution >= 4 is 27.5 Å². The van der Waals surface area contributed by atoms with E-state index in [1.807, 2.05) is 24.3 Å². The Morgan fingerprint density at radius 2 is 2.18 bits per heavy atom. The number of hydrogen-bond donors (Lipinski definition) is 1. The number of nitrogens with zero attached hydrogens (tertiary/aromatic N) is 1. The van der Waals surface area contributed by atoms with Gasteiger partial charge in [0.15, 0.2) is 0 Å². The molecule has 0 spiro atoms. The van der Waals surface area contributed by atoms with Crippen molar-refractivity contribution < 1.29 is 13.2 Å². The van der Waals surface area contributed by atoms with Gasteiger partial charge in [-0.05, 0) is 31.0 Å². The van der Waals surface area contributed by atoms with Gasteiger partial charge in [0.25, 0.3) is 0 Å². The van der Waals surface area contributed by atoms with Gasteiger partial charge in [-0.15, -0.1) is 0 Å². The molecule has 22 heavy (non-hydrogen) atoms. The number of halogens is 1. The molecule has 0 bridgehead atoms. The summed E-state index contributed by atoms with van der Waals surface area (Å²) >= 11 is 5.98. The maximum Gasteiger partial charge on any atom is 0.224 e. The molecule has 1 unspecified atom stereocenters. The Kier molecular flexibility index (Phi) is 3.95. The monoisotopic (exact) mass is 342 g/mol. The summed E-state index contributed by atoms with van der Waals surface area (Å²) in [4.78, 5) is 14.1. The zero-order valence-electron chi connectivity index (χ0n) is 12.4. The Labute approximate surface area is 135 Å². The van der Waals surface area contributed by atoms with Crippen molar-refractivity contribution in [1.82, 2.24) is 9.62 Å². The predicted molar refractivity (Wildman–Crippen MR) is 85.3 cm³/mol. The highest BCUT2D eigenvalue weighted by Crippen LogP contribution is 2.31. The largest absolute Gasteiger partial charge is 0.341 e. The fraction of sp³-hybridized carbons (Fsp3) is 0.533. The van der Waals surface area contributed by atoms with E-state index in [-0.39, 0.29) is 18.1 Å². The maximum absolute atomic E-state index is 12.3. The summed E-state index contributed by atoms with van der Waals surface area (Å²) in [6, 6.07) is 7.70. The second-order valence-electron chi connectivity index (χ2n) is 6.46. The van der Waals surface area contributed by atoms with E-state index in [9.17, 15) is 13.2 Å². The lowest BCUT2D eigenvalue weighted by atomic mass is 9.89. The molecule has 1 N–H and O–H groups in total. The molecule has 0 saturated carbocycles. The molecule has 0 radical (unpaired) electrons. The average molecular weight is 343 g/mol. The molecule has 2 heterocycles. The number of carbonyl (C=O) groups is 1. The van der Waals surface area contributed by atoms with Gasteiger partial charge in [-0.1, -0.05) is 23.7 Å². The first-order valence-corrected chi connectivity index (χ1v) is 9.34. The summed E-state index contributed by atoms with van der Waals surface area (Å²) in [7, 11) is -3.21. The van der Waals surface area contributed by atoms with Crippen LogP contribution in [0.3, 0.4) is 0 Å². The lowest BCUT2D eigenvalue weighted by Crippen LogP contribution is -2.52. The van der Waals surface area contributed by atoms with Crippen molar-refractivity contribution in [2.24, 2.45) is 0 Å². The number of benzene rings is 1. The molecule has 2 aliphatic heterocycles. The van der Waals surface area contributed by atoms with Crippen molar-refractivity contribution in [1.29, 1.82) is 0 Å². The molecular formula is C15H19ClN2O3S. The Bertz CT molecular complexity index is 700. The van der Waals surface area contributed by atoms with Crippen molar-refractivity contribution in [2.45, 2.75) is 31.2 Å². The zero-order chi connectivity index (χ0) is 16.0. The van der Waals surface area contributed by atoms with E-state index in [0.29, 0.717) is 30.5 Å². The summed E-state index contributed by atoms with van der Waals surface area (Å²) in [5.41, 5.74) is 0.501. The maximum atomic E-state index is 12.3. The number of carbonyl (C=O) groups excluding carboxylic acids is 1. The third-order valence-corrected chi connectivity index (χ3v) is 6.20. The van der Waals surface area contributed by atoms with Gasteiger partial charge in [-0.25, -0.2) is 13.1 Å².